The van der Waals surface area contributed by atoms with Crippen molar-refractivity contribution in [3.8, 4) is 11.5 Å². The number of hydrogen-bond acceptors (Lipinski definition) is 6. The fourth-order valence-corrected chi connectivity index (χ4v) is 2.66. The van der Waals surface area contributed by atoms with Crippen molar-refractivity contribution in [3.05, 3.63) is 36.2 Å². The maximum absolute atomic E-state index is 13.1. The van der Waals surface area contributed by atoms with E-state index in [2.05, 4.69) is 20.3 Å². The quantitative estimate of drug-likeness (QED) is 0.827. The van der Waals surface area contributed by atoms with Gasteiger partial charge in [0.15, 0.2) is 11.5 Å². The van der Waals surface area contributed by atoms with E-state index in [4.69, 9.17) is 0 Å². The molecule has 0 aromatic carbocycles. The number of aromatic nitrogens is 3. The van der Waals surface area contributed by atoms with Crippen molar-refractivity contribution >= 4 is 17.6 Å². The topological polar surface area (TPSA) is 70.9 Å². The number of aliphatic hydroxyl groups is 1. The Morgan fingerprint density at radius 1 is 1.29 bits per heavy atom. The molecule has 130 valence electrons. The Morgan fingerprint density at radius 3 is 2.58 bits per heavy atom. The molecule has 2 aromatic heterocycles. The van der Waals surface area contributed by atoms with Crippen molar-refractivity contribution in [2.24, 2.45) is 0 Å². The number of halogens is 3. The number of hydrogen-bond donors (Lipinski definition) is 2. The molecule has 5 nitrogen and oxygen atoms in total. The Labute approximate surface area is 141 Å². The number of alkyl halides is 3. The van der Waals surface area contributed by atoms with Crippen LogP contribution in [0.3, 0.4) is 0 Å². The lowest BCUT2D eigenvalue weighted by Gasteiger charge is -2.22. The molecule has 0 spiro atoms. The van der Waals surface area contributed by atoms with Gasteiger partial charge in [0.2, 0.25) is 0 Å². The number of rotatable bonds is 6. The molecule has 2 N–H and O–H groups in total. The van der Waals surface area contributed by atoms with Crippen LogP contribution in [0.25, 0.3) is 11.5 Å². The highest BCUT2D eigenvalue weighted by Crippen LogP contribution is 2.30. The third-order valence-electron chi connectivity index (χ3n) is 3.33. The summed E-state index contributed by atoms with van der Waals surface area (Å²) >= 11 is 1.42. The Balaban J connectivity index is 2.40. The highest BCUT2D eigenvalue weighted by molar-refractivity contribution is 7.99. The predicted molar refractivity (Wildman–Crippen MR) is 87.7 cm³/mol. The average molecular weight is 358 g/mol. The normalized spacial score (nSPS) is 14.2. The van der Waals surface area contributed by atoms with E-state index in [9.17, 15) is 18.3 Å². The van der Waals surface area contributed by atoms with Gasteiger partial charge >= 0.3 is 6.18 Å². The highest BCUT2D eigenvalue weighted by atomic mass is 32.2. The fraction of sp³-hybridized carbons (Fsp3) is 0.400. The second kappa shape index (κ2) is 7.80. The first-order valence-corrected chi connectivity index (χ1v) is 8.41. The second-order valence-electron chi connectivity index (χ2n) is 5.06. The predicted octanol–water partition coefficient (Wildman–Crippen LogP) is 3.08. The molecular weight excluding hydrogens is 341 g/mol. The van der Waals surface area contributed by atoms with E-state index in [-0.39, 0.29) is 35.2 Å². The summed E-state index contributed by atoms with van der Waals surface area (Å²) in [6.07, 6.45) is -1.31. The van der Waals surface area contributed by atoms with Gasteiger partial charge in [-0.1, -0.05) is 6.07 Å². The monoisotopic (exact) mass is 358 g/mol. The average Bonchev–Trinajstić information content (AvgIpc) is 2.55. The van der Waals surface area contributed by atoms with Crippen LogP contribution in [0, 0.1) is 0 Å². The molecule has 0 saturated heterocycles. The summed E-state index contributed by atoms with van der Waals surface area (Å²) in [6, 6.07) is 5.43. The third-order valence-corrected chi connectivity index (χ3v) is 4.49. The van der Waals surface area contributed by atoms with E-state index in [0.29, 0.717) is 0 Å². The lowest BCUT2D eigenvalue weighted by atomic mass is 10.2. The summed E-state index contributed by atoms with van der Waals surface area (Å²) in [5, 5.41) is 12.0. The van der Waals surface area contributed by atoms with E-state index >= 15 is 0 Å². The summed E-state index contributed by atoms with van der Waals surface area (Å²) in [5.74, 6) is -0.0668. The molecule has 2 atom stereocenters. The van der Waals surface area contributed by atoms with E-state index in [1.54, 1.807) is 25.1 Å². The number of aliphatic hydroxyl groups excluding tert-OH is 1. The van der Waals surface area contributed by atoms with E-state index in [0.717, 1.165) is 6.07 Å². The Morgan fingerprint density at radius 2 is 2.04 bits per heavy atom. The number of nitrogens with zero attached hydrogens (tertiary/aromatic N) is 3. The molecule has 0 saturated carbocycles. The highest BCUT2D eigenvalue weighted by Gasteiger charge is 2.34. The smallest absolute Gasteiger partial charge is 0.395 e. The lowest BCUT2D eigenvalue weighted by molar-refractivity contribution is -0.141. The van der Waals surface area contributed by atoms with Gasteiger partial charge in [0.1, 0.15) is 11.5 Å². The van der Waals surface area contributed by atoms with E-state index in [1.165, 1.54) is 18.0 Å². The zero-order valence-electron chi connectivity index (χ0n) is 13.1. The summed E-state index contributed by atoms with van der Waals surface area (Å²) < 4.78 is 39.3. The molecule has 0 aliphatic carbocycles. The van der Waals surface area contributed by atoms with Crippen molar-refractivity contribution in [1.82, 2.24) is 15.0 Å². The molecule has 0 amide bonds. The van der Waals surface area contributed by atoms with Crippen LogP contribution in [0.1, 0.15) is 12.6 Å². The Hall–Kier alpha value is -1.87. The fourth-order valence-electron chi connectivity index (χ4n) is 2.04. The minimum absolute atomic E-state index is 0.0398. The van der Waals surface area contributed by atoms with Crippen LogP contribution in [-0.4, -0.2) is 44.2 Å². The Bertz CT molecular complexity index is 666. The molecule has 0 bridgehead atoms. The summed E-state index contributed by atoms with van der Waals surface area (Å²) in [6.45, 7) is 1.67. The van der Waals surface area contributed by atoms with Crippen molar-refractivity contribution in [3.63, 3.8) is 0 Å². The van der Waals surface area contributed by atoms with Gasteiger partial charge in [-0.05, 0) is 25.3 Å². The zero-order valence-corrected chi connectivity index (χ0v) is 13.9. The SMILES string of the molecule is CSC(CO)C(C)Nc1cc(C(F)(F)F)nc(-c2ccccn2)n1. The van der Waals surface area contributed by atoms with Gasteiger partial charge in [0.05, 0.1) is 6.61 Å². The molecule has 2 unspecified atom stereocenters. The minimum Gasteiger partial charge on any atom is -0.395 e. The molecule has 0 aliphatic rings. The molecule has 0 radical (unpaired) electrons. The minimum atomic E-state index is -4.60. The number of anilines is 1. The van der Waals surface area contributed by atoms with Crippen molar-refractivity contribution < 1.29 is 18.3 Å². The zero-order chi connectivity index (χ0) is 17.7. The van der Waals surface area contributed by atoms with Crippen molar-refractivity contribution in [2.45, 2.75) is 24.4 Å². The maximum atomic E-state index is 13.1. The number of nitrogens with one attached hydrogen (secondary N) is 1. The standard InChI is InChI=1S/C15H17F3N4OS/c1-9(11(8-23)24-2)20-13-7-12(15(16,17)18)21-14(22-13)10-5-3-4-6-19-10/h3-7,9,11,23H,8H2,1-2H3,(H,20,21,22). The first-order valence-electron chi connectivity index (χ1n) is 7.13. The molecule has 9 heteroatoms. The van der Waals surface area contributed by atoms with Crippen molar-refractivity contribution in [1.29, 1.82) is 0 Å². The van der Waals surface area contributed by atoms with Gasteiger partial charge in [-0.2, -0.15) is 24.9 Å². The first-order chi connectivity index (χ1) is 11.3. The first kappa shape index (κ1) is 18.5. The maximum Gasteiger partial charge on any atom is 0.433 e. The third kappa shape index (κ3) is 4.57. The van der Waals surface area contributed by atoms with Gasteiger partial charge in [-0.3, -0.25) is 4.98 Å². The van der Waals surface area contributed by atoms with Crippen LogP contribution >= 0.6 is 11.8 Å². The number of pyridine rings is 1. The largest absolute Gasteiger partial charge is 0.433 e. The van der Waals surface area contributed by atoms with E-state index in [1.807, 2.05) is 6.26 Å². The second-order valence-corrected chi connectivity index (χ2v) is 6.14. The van der Waals surface area contributed by atoms with Crippen molar-refractivity contribution in [2.75, 3.05) is 18.2 Å². The van der Waals surface area contributed by atoms with Gasteiger partial charge in [0, 0.05) is 23.6 Å². The van der Waals surface area contributed by atoms with Crippen LogP contribution < -0.4 is 5.32 Å². The van der Waals surface area contributed by atoms with Crippen LogP contribution in [-0.2, 0) is 6.18 Å². The summed E-state index contributed by atoms with van der Waals surface area (Å²) in [4.78, 5) is 11.7. The van der Waals surface area contributed by atoms with E-state index < -0.39 is 11.9 Å². The molecule has 0 aliphatic heterocycles. The lowest BCUT2D eigenvalue weighted by Crippen LogP contribution is -2.31. The molecule has 2 heterocycles. The molecule has 2 aromatic rings. The van der Waals surface area contributed by atoms with Crippen LogP contribution in [0.4, 0.5) is 19.0 Å². The Kier molecular flexibility index (Phi) is 6.00. The molecule has 2 rings (SSSR count). The molecular formula is C15H17F3N4OS. The van der Waals surface area contributed by atoms with Gasteiger partial charge in [-0.15, -0.1) is 0 Å². The summed E-state index contributed by atoms with van der Waals surface area (Å²) in [5.41, 5.74) is -0.791. The van der Waals surface area contributed by atoms with Gasteiger partial charge in [-0.25, -0.2) is 9.97 Å². The summed E-state index contributed by atoms with van der Waals surface area (Å²) in [7, 11) is 0. The van der Waals surface area contributed by atoms with Gasteiger partial charge in [0.25, 0.3) is 0 Å². The molecule has 0 fully saturated rings. The van der Waals surface area contributed by atoms with Gasteiger partial charge < -0.3 is 10.4 Å². The molecule has 24 heavy (non-hydrogen) atoms. The number of thioether (sulfide) groups is 1. The van der Waals surface area contributed by atoms with Crippen LogP contribution in [0.5, 0.6) is 0 Å². The van der Waals surface area contributed by atoms with Crippen LogP contribution in [0.2, 0.25) is 0 Å². The van der Waals surface area contributed by atoms with Crippen LogP contribution in [0.15, 0.2) is 30.5 Å².